The quantitative estimate of drug-likeness (QED) is 0.617. The Kier molecular flexibility index (Phi) is 5.90. The highest BCUT2D eigenvalue weighted by Crippen LogP contribution is 2.22. The number of sulfonamides is 1. The number of aromatic nitrogens is 1. The van der Waals surface area contributed by atoms with Crippen molar-refractivity contribution in [2.24, 2.45) is 12.0 Å². The van der Waals surface area contributed by atoms with Crippen molar-refractivity contribution in [2.75, 3.05) is 13.1 Å². The summed E-state index contributed by atoms with van der Waals surface area (Å²) in [6, 6.07) is 12.2. The van der Waals surface area contributed by atoms with E-state index in [2.05, 4.69) is 18.0 Å². The molecular formula is C22H25N3O3S2. The van der Waals surface area contributed by atoms with Gasteiger partial charge in [-0.1, -0.05) is 36.8 Å². The van der Waals surface area contributed by atoms with Crippen molar-refractivity contribution in [1.82, 2.24) is 8.87 Å². The van der Waals surface area contributed by atoms with Crippen LogP contribution in [0.15, 0.2) is 52.4 Å². The van der Waals surface area contributed by atoms with E-state index in [1.807, 2.05) is 23.7 Å². The van der Waals surface area contributed by atoms with E-state index in [-0.39, 0.29) is 10.8 Å². The minimum absolute atomic E-state index is 0.223. The van der Waals surface area contributed by atoms with Crippen LogP contribution in [0, 0.1) is 0 Å². The Hall–Kier alpha value is -2.29. The van der Waals surface area contributed by atoms with E-state index in [4.69, 9.17) is 0 Å². The number of amides is 1. The molecule has 30 heavy (non-hydrogen) atoms. The fourth-order valence-corrected chi connectivity index (χ4v) is 6.43. The van der Waals surface area contributed by atoms with E-state index in [9.17, 15) is 13.2 Å². The van der Waals surface area contributed by atoms with Crippen molar-refractivity contribution in [1.29, 1.82) is 0 Å². The molecule has 1 aliphatic rings. The Labute approximate surface area is 180 Å². The fraction of sp³-hybridized carbons (Fsp3) is 0.364. The molecule has 4 rings (SSSR count). The van der Waals surface area contributed by atoms with Crippen molar-refractivity contribution in [2.45, 2.75) is 37.5 Å². The Morgan fingerprint density at radius 1 is 1.07 bits per heavy atom. The Balaban J connectivity index is 1.63. The standard InChI is InChI=1S/C22H25N3O3S2/c1-3-16-8-7-9-19-20(16)24(2)22(29-19)23-21(26)17-10-12-18(13-11-17)30(27,28)25-14-5-4-6-15-25/h7-13H,3-6,14-15H2,1-2H3. The second-order valence-electron chi connectivity index (χ2n) is 7.47. The van der Waals surface area contributed by atoms with E-state index in [1.165, 1.54) is 33.3 Å². The largest absolute Gasteiger partial charge is 0.319 e. The molecule has 1 saturated heterocycles. The number of piperidine rings is 1. The molecule has 3 aromatic rings. The summed E-state index contributed by atoms with van der Waals surface area (Å²) >= 11 is 1.48. The van der Waals surface area contributed by atoms with Crippen LogP contribution in [0.1, 0.15) is 42.1 Å². The van der Waals surface area contributed by atoms with Crippen LogP contribution < -0.4 is 4.80 Å². The number of hydrogen-bond acceptors (Lipinski definition) is 4. The number of thiazole rings is 1. The molecule has 0 N–H and O–H groups in total. The maximum absolute atomic E-state index is 12.8. The van der Waals surface area contributed by atoms with E-state index < -0.39 is 10.0 Å². The van der Waals surface area contributed by atoms with Gasteiger partial charge in [0.05, 0.1) is 15.1 Å². The van der Waals surface area contributed by atoms with Crippen LogP contribution in [0.25, 0.3) is 10.2 Å². The molecule has 0 radical (unpaired) electrons. The predicted octanol–water partition coefficient (Wildman–Crippen LogP) is 3.72. The molecule has 0 bridgehead atoms. The van der Waals surface area contributed by atoms with Gasteiger partial charge in [0.25, 0.3) is 5.91 Å². The molecule has 0 unspecified atom stereocenters. The van der Waals surface area contributed by atoms with Gasteiger partial charge in [-0.3, -0.25) is 4.79 Å². The Morgan fingerprint density at radius 2 is 1.77 bits per heavy atom. The van der Waals surface area contributed by atoms with Crippen LogP contribution in [0.4, 0.5) is 0 Å². The highest BCUT2D eigenvalue weighted by molar-refractivity contribution is 7.89. The number of fused-ring (bicyclic) bond motifs is 1. The first-order valence-electron chi connectivity index (χ1n) is 10.2. The lowest BCUT2D eigenvalue weighted by Gasteiger charge is -2.25. The second-order valence-corrected chi connectivity index (χ2v) is 10.4. The molecule has 0 saturated carbocycles. The van der Waals surface area contributed by atoms with Gasteiger partial charge < -0.3 is 4.57 Å². The minimum atomic E-state index is -3.51. The first kappa shape index (κ1) is 21.0. The van der Waals surface area contributed by atoms with Crippen LogP contribution >= 0.6 is 11.3 Å². The third-order valence-corrected chi connectivity index (χ3v) is 8.55. The monoisotopic (exact) mass is 443 g/mol. The first-order valence-corrected chi connectivity index (χ1v) is 12.4. The Bertz CT molecular complexity index is 1250. The topological polar surface area (TPSA) is 71.7 Å². The van der Waals surface area contributed by atoms with Crippen LogP contribution in [0.5, 0.6) is 0 Å². The van der Waals surface area contributed by atoms with E-state index >= 15 is 0 Å². The summed E-state index contributed by atoms with van der Waals surface area (Å²) in [6.07, 6.45) is 3.75. The van der Waals surface area contributed by atoms with Gasteiger partial charge in [-0.15, -0.1) is 0 Å². The molecule has 2 aromatic carbocycles. The summed E-state index contributed by atoms with van der Waals surface area (Å²) in [4.78, 5) is 17.9. The van der Waals surface area contributed by atoms with Gasteiger partial charge in [-0.05, 0) is 55.2 Å². The number of rotatable bonds is 4. The highest BCUT2D eigenvalue weighted by Gasteiger charge is 2.25. The third kappa shape index (κ3) is 3.87. The molecule has 6 nitrogen and oxygen atoms in total. The van der Waals surface area contributed by atoms with E-state index in [0.717, 1.165) is 35.9 Å². The molecule has 1 fully saturated rings. The molecule has 2 heterocycles. The van der Waals surface area contributed by atoms with Gasteiger partial charge in [0.15, 0.2) is 4.80 Å². The van der Waals surface area contributed by atoms with Gasteiger partial charge in [0.2, 0.25) is 10.0 Å². The number of hydrogen-bond donors (Lipinski definition) is 0. The maximum atomic E-state index is 12.8. The summed E-state index contributed by atoms with van der Waals surface area (Å²) in [5.74, 6) is -0.378. The zero-order chi connectivity index (χ0) is 21.3. The zero-order valence-electron chi connectivity index (χ0n) is 17.2. The molecule has 0 atom stereocenters. The zero-order valence-corrected chi connectivity index (χ0v) is 18.8. The number of carbonyl (C=O) groups excluding carboxylic acids is 1. The van der Waals surface area contributed by atoms with Gasteiger partial charge in [0, 0.05) is 25.7 Å². The van der Waals surface area contributed by atoms with Gasteiger partial charge >= 0.3 is 0 Å². The predicted molar refractivity (Wildman–Crippen MR) is 119 cm³/mol. The number of nitrogens with zero attached hydrogens (tertiary/aromatic N) is 3. The lowest BCUT2D eigenvalue weighted by atomic mass is 10.1. The molecule has 158 valence electrons. The van der Waals surface area contributed by atoms with E-state index in [0.29, 0.717) is 23.5 Å². The highest BCUT2D eigenvalue weighted by atomic mass is 32.2. The van der Waals surface area contributed by atoms with Crippen molar-refractivity contribution in [3.05, 3.63) is 58.4 Å². The van der Waals surface area contributed by atoms with Crippen molar-refractivity contribution in [3.63, 3.8) is 0 Å². The van der Waals surface area contributed by atoms with Crippen molar-refractivity contribution in [3.8, 4) is 0 Å². The average molecular weight is 444 g/mol. The molecule has 1 aliphatic heterocycles. The average Bonchev–Trinajstić information content (AvgIpc) is 3.09. The summed E-state index contributed by atoms with van der Waals surface area (Å²) in [6.45, 7) is 3.22. The maximum Gasteiger partial charge on any atom is 0.279 e. The number of benzene rings is 2. The molecular weight excluding hydrogens is 418 g/mol. The van der Waals surface area contributed by atoms with Crippen molar-refractivity contribution < 1.29 is 13.2 Å². The first-order chi connectivity index (χ1) is 14.4. The van der Waals surface area contributed by atoms with E-state index in [1.54, 1.807) is 12.1 Å². The molecule has 1 amide bonds. The lowest BCUT2D eigenvalue weighted by molar-refractivity contribution is 0.0998. The summed E-state index contributed by atoms with van der Waals surface area (Å²) < 4.78 is 30.1. The van der Waals surface area contributed by atoms with Gasteiger partial charge in [0.1, 0.15) is 0 Å². The Morgan fingerprint density at radius 3 is 2.43 bits per heavy atom. The molecule has 8 heteroatoms. The number of aryl methyl sites for hydroxylation is 2. The fourth-order valence-electron chi connectivity index (χ4n) is 3.85. The normalized spacial score (nSPS) is 16.3. The SMILES string of the molecule is CCc1cccc2sc(=NC(=O)c3ccc(S(=O)(=O)N4CCCCC4)cc3)n(C)c12. The van der Waals surface area contributed by atoms with Gasteiger partial charge in [-0.2, -0.15) is 9.30 Å². The minimum Gasteiger partial charge on any atom is -0.319 e. The number of carbonyl (C=O) groups is 1. The van der Waals surface area contributed by atoms with Crippen LogP contribution in [-0.2, 0) is 23.5 Å². The van der Waals surface area contributed by atoms with Crippen LogP contribution in [0.3, 0.4) is 0 Å². The van der Waals surface area contributed by atoms with Crippen LogP contribution in [-0.4, -0.2) is 36.3 Å². The molecule has 1 aromatic heterocycles. The molecule has 0 aliphatic carbocycles. The third-order valence-electron chi connectivity index (χ3n) is 5.54. The van der Waals surface area contributed by atoms with Gasteiger partial charge in [-0.25, -0.2) is 8.42 Å². The lowest BCUT2D eigenvalue weighted by Crippen LogP contribution is -2.35. The summed E-state index contributed by atoms with van der Waals surface area (Å²) in [5.41, 5.74) is 2.69. The van der Waals surface area contributed by atoms with Crippen LogP contribution in [0.2, 0.25) is 0 Å². The second kappa shape index (κ2) is 8.45. The number of para-hydroxylation sites is 1. The van der Waals surface area contributed by atoms with Crippen molar-refractivity contribution >= 4 is 37.5 Å². The molecule has 0 spiro atoms. The summed E-state index contributed by atoms with van der Waals surface area (Å²) in [5, 5.41) is 0. The smallest absolute Gasteiger partial charge is 0.279 e. The summed E-state index contributed by atoms with van der Waals surface area (Å²) in [7, 11) is -1.59.